The SMILES string of the molecule is CC1C(O)C(=O)CC2C1CCC1C2(C)CCC2(C)C3CC(CO)C(=O)CC3(C)CCC12C. The lowest BCUT2D eigenvalue weighted by atomic mass is 9.31. The minimum absolute atomic E-state index is 0.00850. The zero-order valence-corrected chi connectivity index (χ0v) is 20.8. The molecule has 11 atom stereocenters. The number of ketones is 2. The molecule has 0 aliphatic heterocycles. The van der Waals surface area contributed by atoms with Crippen molar-refractivity contribution in [3.05, 3.63) is 0 Å². The highest BCUT2D eigenvalue weighted by Gasteiger charge is 2.69. The quantitative estimate of drug-likeness (QED) is 0.609. The topological polar surface area (TPSA) is 74.6 Å². The summed E-state index contributed by atoms with van der Waals surface area (Å²) >= 11 is 0. The maximum Gasteiger partial charge on any atom is 0.161 e. The van der Waals surface area contributed by atoms with E-state index in [-0.39, 0.29) is 51.7 Å². The molecule has 0 saturated heterocycles. The molecule has 0 aromatic heterocycles. The third-order valence-corrected chi connectivity index (χ3v) is 12.7. The normalized spacial score (nSPS) is 57.8. The Morgan fingerprint density at radius 3 is 2.25 bits per heavy atom. The van der Waals surface area contributed by atoms with E-state index in [0.29, 0.717) is 36.5 Å². The van der Waals surface area contributed by atoms with Crippen molar-refractivity contribution in [1.29, 1.82) is 0 Å². The fourth-order valence-electron chi connectivity index (χ4n) is 10.5. The highest BCUT2D eigenvalue weighted by atomic mass is 16.3. The van der Waals surface area contributed by atoms with E-state index in [1.807, 2.05) is 0 Å². The minimum atomic E-state index is -0.772. The Labute approximate surface area is 193 Å². The molecule has 0 amide bonds. The average molecular weight is 445 g/mol. The zero-order chi connectivity index (χ0) is 23.3. The van der Waals surface area contributed by atoms with Gasteiger partial charge in [-0.2, -0.15) is 0 Å². The molecule has 5 aliphatic rings. The number of carbonyl (C=O) groups excluding carboxylic acids is 2. The standard InChI is InChI=1S/C28H44O4/c1-16-18-6-7-22-26(3,19(18)13-20(30)24(16)32)9-11-28(5)23-12-17(15-29)21(31)14-25(23,2)8-10-27(22,28)4/h16-19,22-24,29,32H,6-15H2,1-5H3. The monoisotopic (exact) mass is 444 g/mol. The molecule has 2 N–H and O–H groups in total. The molecule has 5 saturated carbocycles. The van der Waals surface area contributed by atoms with Gasteiger partial charge in [0.15, 0.2) is 5.78 Å². The van der Waals surface area contributed by atoms with E-state index >= 15 is 0 Å². The molecule has 0 aromatic carbocycles. The fraction of sp³-hybridized carbons (Fsp3) is 0.929. The Bertz CT molecular complexity index is 822. The summed E-state index contributed by atoms with van der Waals surface area (Å²) in [6, 6.07) is 0. The predicted molar refractivity (Wildman–Crippen MR) is 124 cm³/mol. The molecule has 0 spiro atoms. The first kappa shape index (κ1) is 23.0. The van der Waals surface area contributed by atoms with Crippen LogP contribution in [0.1, 0.15) is 92.4 Å². The van der Waals surface area contributed by atoms with Crippen molar-refractivity contribution in [3.63, 3.8) is 0 Å². The van der Waals surface area contributed by atoms with Gasteiger partial charge in [-0.3, -0.25) is 9.59 Å². The van der Waals surface area contributed by atoms with Crippen LogP contribution in [-0.2, 0) is 9.59 Å². The molecule has 5 rings (SSSR count). The second kappa shape index (κ2) is 7.13. The Balaban J connectivity index is 1.52. The van der Waals surface area contributed by atoms with Gasteiger partial charge in [-0.15, -0.1) is 0 Å². The van der Waals surface area contributed by atoms with Gasteiger partial charge in [0.05, 0.1) is 6.61 Å². The number of rotatable bonds is 1. The number of aliphatic hydroxyl groups is 2. The zero-order valence-electron chi connectivity index (χ0n) is 20.8. The third-order valence-electron chi connectivity index (χ3n) is 12.7. The third kappa shape index (κ3) is 2.75. The van der Waals surface area contributed by atoms with E-state index in [0.717, 1.165) is 38.5 Å². The molecule has 0 bridgehead atoms. The second-order valence-corrected chi connectivity index (χ2v) is 13.7. The molecule has 5 fully saturated rings. The first-order chi connectivity index (χ1) is 14.9. The van der Waals surface area contributed by atoms with E-state index in [1.54, 1.807) is 0 Å². The van der Waals surface area contributed by atoms with Crippen molar-refractivity contribution in [2.75, 3.05) is 6.61 Å². The number of hydrogen-bond acceptors (Lipinski definition) is 4. The summed E-state index contributed by atoms with van der Waals surface area (Å²) in [6.07, 6.45) is 8.13. The number of Topliss-reactive ketones (excluding diaryl/α,β-unsaturated/α-hetero) is 2. The van der Waals surface area contributed by atoms with Crippen LogP contribution in [0.5, 0.6) is 0 Å². The van der Waals surface area contributed by atoms with Crippen LogP contribution in [-0.4, -0.2) is 34.5 Å². The smallest absolute Gasteiger partial charge is 0.161 e. The second-order valence-electron chi connectivity index (χ2n) is 13.7. The van der Waals surface area contributed by atoms with Crippen LogP contribution in [0.3, 0.4) is 0 Å². The number of fused-ring (bicyclic) bond motifs is 7. The van der Waals surface area contributed by atoms with Crippen LogP contribution in [0.25, 0.3) is 0 Å². The Kier molecular flexibility index (Phi) is 5.13. The largest absolute Gasteiger partial charge is 0.396 e. The van der Waals surface area contributed by atoms with E-state index in [2.05, 4.69) is 34.6 Å². The molecular formula is C28H44O4. The maximum absolute atomic E-state index is 12.7. The van der Waals surface area contributed by atoms with Gasteiger partial charge in [-0.1, -0.05) is 34.6 Å². The molecular weight excluding hydrogens is 400 g/mol. The summed E-state index contributed by atoms with van der Waals surface area (Å²) in [4.78, 5) is 25.5. The van der Waals surface area contributed by atoms with Crippen molar-refractivity contribution >= 4 is 11.6 Å². The lowest BCUT2D eigenvalue weighted by Gasteiger charge is -2.73. The van der Waals surface area contributed by atoms with Crippen LogP contribution < -0.4 is 0 Å². The van der Waals surface area contributed by atoms with Crippen LogP contribution in [0.15, 0.2) is 0 Å². The van der Waals surface area contributed by atoms with Gasteiger partial charge >= 0.3 is 0 Å². The van der Waals surface area contributed by atoms with Crippen LogP contribution >= 0.6 is 0 Å². The van der Waals surface area contributed by atoms with Crippen LogP contribution in [0.4, 0.5) is 0 Å². The summed E-state index contributed by atoms with van der Waals surface area (Å²) in [5.41, 5.74) is 0.560. The molecule has 4 heteroatoms. The molecule has 0 heterocycles. The van der Waals surface area contributed by atoms with Gasteiger partial charge in [-0.05, 0) is 96.2 Å². The summed E-state index contributed by atoms with van der Waals surface area (Å²) < 4.78 is 0. The molecule has 0 radical (unpaired) electrons. The van der Waals surface area contributed by atoms with E-state index in [1.165, 1.54) is 6.42 Å². The lowest BCUT2D eigenvalue weighted by Crippen LogP contribution is -2.67. The molecule has 32 heavy (non-hydrogen) atoms. The van der Waals surface area contributed by atoms with Gasteiger partial charge in [0.25, 0.3) is 0 Å². The first-order valence-electron chi connectivity index (χ1n) is 13.3. The van der Waals surface area contributed by atoms with Crippen LogP contribution in [0.2, 0.25) is 0 Å². The van der Waals surface area contributed by atoms with Crippen molar-refractivity contribution < 1.29 is 19.8 Å². The predicted octanol–water partition coefficient (Wildman–Crippen LogP) is 4.80. The summed E-state index contributed by atoms with van der Waals surface area (Å²) in [5, 5.41) is 20.4. The fourth-order valence-corrected chi connectivity index (χ4v) is 10.5. The van der Waals surface area contributed by atoms with E-state index < -0.39 is 6.10 Å². The van der Waals surface area contributed by atoms with Gasteiger partial charge < -0.3 is 10.2 Å². The summed E-state index contributed by atoms with van der Waals surface area (Å²) in [6.45, 7) is 12.0. The highest BCUT2D eigenvalue weighted by Crippen LogP contribution is 2.76. The molecule has 11 unspecified atom stereocenters. The van der Waals surface area contributed by atoms with Crippen molar-refractivity contribution in [1.82, 2.24) is 0 Å². The Morgan fingerprint density at radius 1 is 0.906 bits per heavy atom. The number of carbonyl (C=O) groups is 2. The first-order valence-corrected chi connectivity index (χ1v) is 13.3. The molecule has 180 valence electrons. The average Bonchev–Trinajstić information content (AvgIpc) is 2.74. The Hall–Kier alpha value is -0.740. The van der Waals surface area contributed by atoms with E-state index in [9.17, 15) is 19.8 Å². The van der Waals surface area contributed by atoms with Gasteiger partial charge in [0.1, 0.15) is 11.9 Å². The van der Waals surface area contributed by atoms with Crippen molar-refractivity contribution in [2.24, 2.45) is 57.2 Å². The molecule has 0 aromatic rings. The minimum Gasteiger partial charge on any atom is -0.396 e. The molecule has 5 aliphatic carbocycles. The van der Waals surface area contributed by atoms with E-state index in [4.69, 9.17) is 0 Å². The van der Waals surface area contributed by atoms with Gasteiger partial charge in [0.2, 0.25) is 0 Å². The number of hydrogen-bond donors (Lipinski definition) is 2. The Morgan fingerprint density at radius 2 is 1.56 bits per heavy atom. The summed E-state index contributed by atoms with van der Waals surface area (Å²) in [7, 11) is 0. The molecule has 4 nitrogen and oxygen atoms in total. The van der Waals surface area contributed by atoms with Crippen molar-refractivity contribution in [2.45, 2.75) is 98.5 Å². The summed E-state index contributed by atoms with van der Waals surface area (Å²) in [5.74, 6) is 2.12. The van der Waals surface area contributed by atoms with Crippen molar-refractivity contribution in [3.8, 4) is 0 Å². The van der Waals surface area contributed by atoms with Gasteiger partial charge in [0, 0.05) is 18.8 Å². The van der Waals surface area contributed by atoms with Crippen LogP contribution in [0, 0.1) is 57.2 Å². The number of aliphatic hydroxyl groups excluding tert-OH is 2. The maximum atomic E-state index is 12.7. The lowest BCUT2D eigenvalue weighted by molar-refractivity contribution is -0.243. The van der Waals surface area contributed by atoms with Gasteiger partial charge in [-0.25, -0.2) is 0 Å². The highest BCUT2D eigenvalue weighted by molar-refractivity contribution is 5.84.